The molecule has 0 spiro atoms. The molecule has 0 heterocycles. The average Bonchev–Trinajstić information content (AvgIpc) is 2.92. The summed E-state index contributed by atoms with van der Waals surface area (Å²) in [6.45, 7) is 10.8. The molecule has 8 atom stereocenters. The standard InChI is InChI=1S/C34H42N2O4S/c1-21-24-11-13-32(4)25-12-14-34(36-41(39,40)23-9-7-6-8-10-23)16-15-31(2,3)19-26(34)29(25)27(37)17-28(32)33(24,5)18-22(20-35)30(21)38/h6-10,17-18,21,24-26,29,36H,11-16,19H2,1-5H3. The van der Waals surface area contributed by atoms with Crippen molar-refractivity contribution in [2.75, 3.05) is 0 Å². The molecule has 0 saturated heterocycles. The van der Waals surface area contributed by atoms with Crippen molar-refractivity contribution < 1.29 is 18.0 Å². The first-order valence-electron chi connectivity index (χ1n) is 15.2. The fourth-order valence-corrected chi connectivity index (χ4v) is 11.5. The molecular formula is C34H42N2O4S. The number of benzene rings is 1. The van der Waals surface area contributed by atoms with Crippen LogP contribution in [0.5, 0.6) is 0 Å². The lowest BCUT2D eigenvalue weighted by Gasteiger charge is -2.64. The van der Waals surface area contributed by atoms with Crippen LogP contribution in [0.25, 0.3) is 0 Å². The molecule has 0 radical (unpaired) electrons. The summed E-state index contributed by atoms with van der Waals surface area (Å²) in [5, 5.41) is 9.78. The number of allylic oxidation sites excluding steroid dienone is 4. The number of hydrogen-bond donors (Lipinski definition) is 1. The number of carbonyl (C=O) groups is 2. The van der Waals surface area contributed by atoms with E-state index >= 15 is 0 Å². The summed E-state index contributed by atoms with van der Waals surface area (Å²) in [5.41, 5.74) is -0.153. The Morgan fingerprint density at radius 1 is 0.927 bits per heavy atom. The molecule has 5 aliphatic rings. The molecule has 1 N–H and O–H groups in total. The van der Waals surface area contributed by atoms with E-state index in [1.165, 1.54) is 0 Å². The largest absolute Gasteiger partial charge is 0.295 e. The van der Waals surface area contributed by atoms with Crippen molar-refractivity contribution >= 4 is 21.6 Å². The molecule has 6 nitrogen and oxygen atoms in total. The van der Waals surface area contributed by atoms with Crippen LogP contribution >= 0.6 is 0 Å². The number of Topliss-reactive ketones (excluding diaryl/α,β-unsaturated/α-hetero) is 1. The van der Waals surface area contributed by atoms with Gasteiger partial charge in [-0.25, -0.2) is 13.1 Å². The third-order valence-electron chi connectivity index (χ3n) is 12.1. The fraction of sp³-hybridized carbons (Fsp3) is 0.618. The van der Waals surface area contributed by atoms with Gasteiger partial charge in [0.1, 0.15) is 6.07 Å². The second-order valence-corrected chi connectivity index (χ2v) is 16.5. The Bertz CT molecular complexity index is 1520. The first-order chi connectivity index (χ1) is 19.2. The monoisotopic (exact) mass is 574 g/mol. The maximum absolute atomic E-state index is 14.4. The van der Waals surface area contributed by atoms with E-state index in [1.807, 2.05) is 25.1 Å². The summed E-state index contributed by atoms with van der Waals surface area (Å²) in [4.78, 5) is 27.6. The smallest absolute Gasteiger partial charge is 0.241 e. The zero-order valence-electron chi connectivity index (χ0n) is 24.9. The number of hydrogen-bond acceptors (Lipinski definition) is 5. The lowest BCUT2D eigenvalue weighted by atomic mass is 9.40. The molecule has 3 saturated carbocycles. The minimum absolute atomic E-state index is 0.00661. The molecule has 3 fully saturated rings. The summed E-state index contributed by atoms with van der Waals surface area (Å²) in [5.74, 6) is -0.477. The van der Waals surface area contributed by atoms with Crippen LogP contribution < -0.4 is 4.72 Å². The highest BCUT2D eigenvalue weighted by Crippen LogP contribution is 2.68. The first kappa shape index (κ1) is 28.6. The molecule has 6 rings (SSSR count). The normalized spacial score (nSPS) is 41.5. The summed E-state index contributed by atoms with van der Waals surface area (Å²) < 4.78 is 30.6. The average molecular weight is 575 g/mol. The van der Waals surface area contributed by atoms with E-state index < -0.39 is 21.0 Å². The van der Waals surface area contributed by atoms with E-state index in [-0.39, 0.29) is 62.5 Å². The van der Waals surface area contributed by atoms with Crippen molar-refractivity contribution in [3.05, 3.63) is 53.6 Å². The maximum atomic E-state index is 14.4. The third-order valence-corrected chi connectivity index (χ3v) is 13.7. The third kappa shape index (κ3) is 4.15. The van der Waals surface area contributed by atoms with Gasteiger partial charge in [-0.3, -0.25) is 9.59 Å². The Kier molecular flexibility index (Phi) is 6.42. The van der Waals surface area contributed by atoms with Gasteiger partial charge in [-0.2, -0.15) is 5.26 Å². The number of rotatable bonds is 3. The van der Waals surface area contributed by atoms with Gasteiger partial charge in [-0.1, -0.05) is 64.5 Å². The predicted molar refractivity (Wildman–Crippen MR) is 157 cm³/mol. The van der Waals surface area contributed by atoms with Crippen molar-refractivity contribution in [1.82, 2.24) is 4.72 Å². The molecule has 1 aromatic carbocycles. The summed E-state index contributed by atoms with van der Waals surface area (Å²) in [7, 11) is -3.76. The Morgan fingerprint density at radius 3 is 2.29 bits per heavy atom. The van der Waals surface area contributed by atoms with Gasteiger partial charge in [0.2, 0.25) is 10.0 Å². The zero-order valence-corrected chi connectivity index (χ0v) is 25.7. The highest BCUT2D eigenvalue weighted by atomic mass is 32.2. The van der Waals surface area contributed by atoms with Crippen molar-refractivity contribution in [3.8, 4) is 6.07 Å². The number of nitriles is 1. The number of nitrogens with one attached hydrogen (secondary N) is 1. The first-order valence-corrected chi connectivity index (χ1v) is 16.7. The van der Waals surface area contributed by atoms with Gasteiger partial charge < -0.3 is 0 Å². The minimum atomic E-state index is -3.76. The number of carbonyl (C=O) groups excluding carboxylic acids is 2. The predicted octanol–water partition coefficient (Wildman–Crippen LogP) is 6.16. The summed E-state index contributed by atoms with van der Waals surface area (Å²) >= 11 is 0. The van der Waals surface area contributed by atoms with Crippen molar-refractivity contribution in [3.63, 3.8) is 0 Å². The van der Waals surface area contributed by atoms with Crippen LogP contribution in [0.1, 0.15) is 79.6 Å². The lowest BCUT2D eigenvalue weighted by molar-refractivity contribution is -0.138. The highest BCUT2D eigenvalue weighted by molar-refractivity contribution is 7.89. The van der Waals surface area contributed by atoms with Crippen LogP contribution in [0.4, 0.5) is 0 Å². The molecule has 41 heavy (non-hydrogen) atoms. The van der Waals surface area contributed by atoms with Gasteiger partial charge in [-0.05, 0) is 91.7 Å². The Morgan fingerprint density at radius 2 is 1.61 bits per heavy atom. The van der Waals surface area contributed by atoms with E-state index in [0.29, 0.717) is 12.8 Å². The molecule has 0 amide bonds. The van der Waals surface area contributed by atoms with Gasteiger partial charge >= 0.3 is 0 Å². The SMILES string of the molecule is CC1C(=O)C(C#N)=CC2(C)C3=CC(=O)C4C5CC(C)(C)CCC5(NS(=O)(=O)c5ccccc5)CCC4C3(C)CCC12. The van der Waals surface area contributed by atoms with E-state index in [2.05, 4.69) is 38.5 Å². The quantitative estimate of drug-likeness (QED) is 0.466. The molecule has 1 aromatic rings. The minimum Gasteiger partial charge on any atom is -0.295 e. The topological polar surface area (TPSA) is 104 Å². The van der Waals surface area contributed by atoms with Gasteiger partial charge in [-0.15, -0.1) is 0 Å². The molecule has 7 heteroatoms. The fourth-order valence-electron chi connectivity index (χ4n) is 10.00. The zero-order chi connectivity index (χ0) is 29.6. The van der Waals surface area contributed by atoms with Crippen LogP contribution in [-0.2, 0) is 19.6 Å². The summed E-state index contributed by atoms with van der Waals surface area (Å²) in [6, 6.07) is 10.7. The second kappa shape index (κ2) is 9.22. The van der Waals surface area contributed by atoms with E-state index in [9.17, 15) is 23.3 Å². The van der Waals surface area contributed by atoms with Gasteiger partial charge in [0.15, 0.2) is 11.6 Å². The molecule has 218 valence electrons. The molecule has 8 unspecified atom stereocenters. The molecule has 0 aromatic heterocycles. The van der Waals surface area contributed by atoms with Crippen LogP contribution in [-0.4, -0.2) is 25.5 Å². The van der Waals surface area contributed by atoms with Crippen LogP contribution in [0.2, 0.25) is 0 Å². The summed E-state index contributed by atoms with van der Waals surface area (Å²) in [6.07, 6.45) is 9.36. The van der Waals surface area contributed by atoms with Crippen LogP contribution in [0.3, 0.4) is 0 Å². The highest BCUT2D eigenvalue weighted by Gasteiger charge is 2.65. The number of sulfonamides is 1. The van der Waals surface area contributed by atoms with Crippen LogP contribution in [0, 0.1) is 57.2 Å². The Hall–Kier alpha value is -2.56. The molecule has 5 aliphatic carbocycles. The van der Waals surface area contributed by atoms with Crippen molar-refractivity contribution in [2.24, 2.45) is 45.8 Å². The van der Waals surface area contributed by atoms with E-state index in [1.54, 1.807) is 24.3 Å². The van der Waals surface area contributed by atoms with E-state index in [0.717, 1.165) is 37.7 Å². The Labute approximate surface area is 244 Å². The van der Waals surface area contributed by atoms with Gasteiger partial charge in [0.05, 0.1) is 10.5 Å². The van der Waals surface area contributed by atoms with Gasteiger partial charge in [0.25, 0.3) is 0 Å². The Balaban J connectivity index is 1.44. The van der Waals surface area contributed by atoms with E-state index in [4.69, 9.17) is 0 Å². The number of ketones is 2. The molecule has 0 aliphatic heterocycles. The van der Waals surface area contributed by atoms with Gasteiger partial charge in [0, 0.05) is 22.8 Å². The number of nitrogens with zero attached hydrogens (tertiary/aromatic N) is 1. The van der Waals surface area contributed by atoms with Crippen LogP contribution in [0.15, 0.2) is 58.5 Å². The second-order valence-electron chi connectivity index (χ2n) is 14.8. The molecule has 0 bridgehead atoms. The maximum Gasteiger partial charge on any atom is 0.241 e. The van der Waals surface area contributed by atoms with Crippen molar-refractivity contribution in [2.45, 2.75) is 90.0 Å². The molecular weight excluding hydrogens is 532 g/mol. The van der Waals surface area contributed by atoms with Crippen molar-refractivity contribution in [1.29, 1.82) is 5.26 Å². The lowest BCUT2D eigenvalue weighted by Crippen LogP contribution is -2.66. The number of fused-ring (bicyclic) bond motifs is 7.